The molecule has 0 aromatic heterocycles. The summed E-state index contributed by atoms with van der Waals surface area (Å²) in [6.07, 6.45) is 1.26. The highest BCUT2D eigenvalue weighted by Gasteiger charge is 2.45. The van der Waals surface area contributed by atoms with Gasteiger partial charge in [-0.05, 0) is 54.2 Å². The summed E-state index contributed by atoms with van der Waals surface area (Å²) in [5, 5.41) is 0.979. The van der Waals surface area contributed by atoms with Gasteiger partial charge in [0.2, 0.25) is 5.91 Å². The Labute approximate surface area is 181 Å². The van der Waals surface area contributed by atoms with Crippen LogP contribution in [-0.2, 0) is 9.59 Å². The van der Waals surface area contributed by atoms with Crippen LogP contribution in [0.1, 0.15) is 50.2 Å². The highest BCUT2D eigenvalue weighted by atomic mass is 35.5. The van der Waals surface area contributed by atoms with Crippen LogP contribution < -0.4 is 4.90 Å². The lowest BCUT2D eigenvalue weighted by Crippen LogP contribution is -2.43. The van der Waals surface area contributed by atoms with Crippen LogP contribution >= 0.6 is 23.2 Å². The first-order valence-electron chi connectivity index (χ1n) is 9.78. The molecule has 0 saturated heterocycles. The van der Waals surface area contributed by atoms with Crippen molar-refractivity contribution in [1.29, 1.82) is 0 Å². The van der Waals surface area contributed by atoms with Crippen molar-refractivity contribution in [3.63, 3.8) is 0 Å². The van der Waals surface area contributed by atoms with Gasteiger partial charge in [0.1, 0.15) is 0 Å². The summed E-state index contributed by atoms with van der Waals surface area (Å²) < 4.78 is 0. The molecule has 2 aromatic rings. The number of anilines is 1. The number of carbonyl (C=O) groups is 2. The second kappa shape index (κ2) is 7.30. The third-order valence-electron chi connectivity index (χ3n) is 5.75. The summed E-state index contributed by atoms with van der Waals surface area (Å²) in [6.45, 7) is 6.13. The first-order valence-corrected chi connectivity index (χ1v) is 10.5. The van der Waals surface area contributed by atoms with E-state index in [2.05, 4.69) is 13.8 Å². The lowest BCUT2D eigenvalue weighted by atomic mass is 9.69. The van der Waals surface area contributed by atoms with Crippen molar-refractivity contribution in [3.8, 4) is 0 Å². The molecule has 0 fully saturated rings. The maximum Gasteiger partial charge on any atom is 0.232 e. The first kappa shape index (κ1) is 20.2. The SMILES string of the molecule is Cc1cccc(N2C(=O)CC(c3c(Cl)cccc3Cl)C3=C2CC(C)(C)CC3=O)c1. The Balaban J connectivity index is 1.95. The standard InChI is InChI=1S/C24H23Cl2NO2/c1-14-6-4-7-15(10-14)27-19-12-24(2,3)13-20(28)23(19)16(11-21(27)29)22-17(25)8-5-9-18(22)26/h4-10,16H,11-13H2,1-3H3. The van der Waals surface area contributed by atoms with Crippen LogP contribution in [0.15, 0.2) is 53.7 Å². The number of Topliss-reactive ketones (excluding diaryl/α,β-unsaturated/α-hetero) is 1. The van der Waals surface area contributed by atoms with Gasteiger partial charge in [-0.15, -0.1) is 0 Å². The Kier molecular flexibility index (Phi) is 5.08. The zero-order chi connectivity index (χ0) is 20.9. The Morgan fingerprint density at radius 1 is 1.00 bits per heavy atom. The van der Waals surface area contributed by atoms with Gasteiger partial charge in [0.15, 0.2) is 5.78 Å². The van der Waals surface area contributed by atoms with E-state index in [1.165, 1.54) is 0 Å². The number of ketones is 1. The number of carbonyl (C=O) groups excluding carboxylic acids is 2. The van der Waals surface area contributed by atoms with Crippen molar-refractivity contribution < 1.29 is 9.59 Å². The van der Waals surface area contributed by atoms with Crippen molar-refractivity contribution in [2.24, 2.45) is 5.41 Å². The van der Waals surface area contributed by atoms with Crippen LogP contribution in [0.5, 0.6) is 0 Å². The maximum absolute atomic E-state index is 13.4. The zero-order valence-electron chi connectivity index (χ0n) is 16.8. The fourth-order valence-corrected chi connectivity index (χ4v) is 5.23. The van der Waals surface area contributed by atoms with Gasteiger partial charge >= 0.3 is 0 Å². The number of rotatable bonds is 2. The van der Waals surface area contributed by atoms with E-state index in [1.807, 2.05) is 31.2 Å². The lowest BCUT2D eigenvalue weighted by Gasteiger charge is -2.43. The fraction of sp³-hybridized carbons (Fsp3) is 0.333. The quantitative estimate of drug-likeness (QED) is 0.550. The molecular weight excluding hydrogens is 405 g/mol. The monoisotopic (exact) mass is 427 g/mol. The van der Waals surface area contributed by atoms with Crippen molar-refractivity contribution in [2.45, 2.75) is 46.0 Å². The van der Waals surface area contributed by atoms with Gasteiger partial charge < -0.3 is 0 Å². The van der Waals surface area contributed by atoms with Gasteiger partial charge in [-0.3, -0.25) is 14.5 Å². The van der Waals surface area contributed by atoms with Crippen molar-refractivity contribution in [3.05, 3.63) is 74.9 Å². The van der Waals surface area contributed by atoms with E-state index >= 15 is 0 Å². The minimum Gasteiger partial charge on any atom is -0.294 e. The van der Waals surface area contributed by atoms with E-state index in [-0.39, 0.29) is 23.5 Å². The highest BCUT2D eigenvalue weighted by molar-refractivity contribution is 6.36. The van der Waals surface area contributed by atoms with Crippen LogP contribution in [0.3, 0.4) is 0 Å². The summed E-state index contributed by atoms with van der Waals surface area (Å²) in [7, 11) is 0. The van der Waals surface area contributed by atoms with Crippen LogP contribution in [-0.4, -0.2) is 11.7 Å². The molecule has 0 radical (unpaired) electrons. The third kappa shape index (κ3) is 3.62. The second-order valence-electron chi connectivity index (χ2n) is 8.76. The molecule has 150 valence electrons. The molecular formula is C24H23Cl2NO2. The number of benzene rings is 2. The van der Waals surface area contributed by atoms with Crippen LogP contribution in [0.25, 0.3) is 0 Å². The minimum atomic E-state index is -0.414. The van der Waals surface area contributed by atoms with E-state index in [0.29, 0.717) is 34.0 Å². The number of allylic oxidation sites excluding steroid dienone is 2. The van der Waals surface area contributed by atoms with Gasteiger partial charge in [0, 0.05) is 45.8 Å². The summed E-state index contributed by atoms with van der Waals surface area (Å²) in [6, 6.07) is 13.1. The molecule has 2 aromatic carbocycles. The summed E-state index contributed by atoms with van der Waals surface area (Å²) in [5.74, 6) is -0.383. The fourth-order valence-electron chi connectivity index (χ4n) is 4.57. The van der Waals surface area contributed by atoms with Crippen LogP contribution in [0, 0.1) is 12.3 Å². The average molecular weight is 428 g/mol. The molecule has 1 heterocycles. The summed E-state index contributed by atoms with van der Waals surface area (Å²) >= 11 is 13.0. The molecule has 1 atom stereocenters. The number of nitrogens with zero attached hydrogens (tertiary/aromatic N) is 1. The molecule has 0 saturated carbocycles. The molecule has 2 aliphatic rings. The molecule has 1 amide bonds. The molecule has 0 N–H and O–H groups in total. The van der Waals surface area contributed by atoms with Gasteiger partial charge in [0.05, 0.1) is 0 Å². The number of hydrogen-bond acceptors (Lipinski definition) is 2. The Morgan fingerprint density at radius 3 is 2.31 bits per heavy atom. The van der Waals surface area contributed by atoms with Crippen LogP contribution in [0.2, 0.25) is 10.0 Å². The van der Waals surface area contributed by atoms with Crippen molar-refractivity contribution >= 4 is 40.6 Å². The zero-order valence-corrected chi connectivity index (χ0v) is 18.3. The van der Waals surface area contributed by atoms with E-state index in [0.717, 1.165) is 16.9 Å². The molecule has 29 heavy (non-hydrogen) atoms. The predicted molar refractivity (Wildman–Crippen MR) is 118 cm³/mol. The second-order valence-corrected chi connectivity index (χ2v) is 9.58. The largest absolute Gasteiger partial charge is 0.294 e. The minimum absolute atomic E-state index is 0.0409. The highest BCUT2D eigenvalue weighted by Crippen LogP contribution is 2.50. The smallest absolute Gasteiger partial charge is 0.232 e. The van der Waals surface area contributed by atoms with Gasteiger partial charge in [-0.1, -0.05) is 55.2 Å². The van der Waals surface area contributed by atoms with Gasteiger partial charge in [-0.25, -0.2) is 0 Å². The van der Waals surface area contributed by atoms with E-state index in [1.54, 1.807) is 23.1 Å². The molecule has 1 aliphatic carbocycles. The van der Waals surface area contributed by atoms with E-state index in [9.17, 15) is 9.59 Å². The number of halogens is 2. The van der Waals surface area contributed by atoms with E-state index in [4.69, 9.17) is 23.2 Å². The Bertz CT molecular complexity index is 1030. The third-order valence-corrected chi connectivity index (χ3v) is 6.41. The molecule has 0 spiro atoms. The molecule has 1 unspecified atom stereocenters. The molecule has 3 nitrogen and oxygen atoms in total. The number of amides is 1. The Morgan fingerprint density at radius 2 is 1.66 bits per heavy atom. The number of aryl methyl sites for hydroxylation is 1. The summed E-state index contributed by atoms with van der Waals surface area (Å²) in [5.41, 5.74) is 3.79. The molecule has 1 aliphatic heterocycles. The van der Waals surface area contributed by atoms with Gasteiger partial charge in [0.25, 0.3) is 0 Å². The van der Waals surface area contributed by atoms with Gasteiger partial charge in [-0.2, -0.15) is 0 Å². The number of hydrogen-bond donors (Lipinski definition) is 0. The maximum atomic E-state index is 13.4. The molecule has 5 heteroatoms. The van der Waals surface area contributed by atoms with E-state index < -0.39 is 5.92 Å². The average Bonchev–Trinajstić information content (AvgIpc) is 2.60. The summed E-state index contributed by atoms with van der Waals surface area (Å²) in [4.78, 5) is 28.4. The first-order chi connectivity index (χ1) is 13.7. The normalized spacial score (nSPS) is 21.4. The van der Waals surface area contributed by atoms with Crippen molar-refractivity contribution in [1.82, 2.24) is 0 Å². The van der Waals surface area contributed by atoms with Crippen molar-refractivity contribution in [2.75, 3.05) is 4.90 Å². The lowest BCUT2D eigenvalue weighted by molar-refractivity contribution is -0.120. The topological polar surface area (TPSA) is 37.4 Å². The Hall–Kier alpha value is -2.10. The molecule has 0 bridgehead atoms. The molecule has 4 rings (SSSR count). The predicted octanol–water partition coefficient (Wildman–Crippen LogP) is 6.47. The van der Waals surface area contributed by atoms with Crippen LogP contribution in [0.4, 0.5) is 5.69 Å².